The van der Waals surface area contributed by atoms with E-state index in [1.807, 2.05) is 24.3 Å². The molecule has 4 rings (SSSR count). The van der Waals surface area contributed by atoms with Gasteiger partial charge in [-0.1, -0.05) is 31.5 Å². The minimum absolute atomic E-state index is 0.123. The molecule has 10 heteroatoms. The molecule has 2 aromatic carbocycles. The van der Waals surface area contributed by atoms with Gasteiger partial charge >= 0.3 is 12.2 Å². The smallest absolute Gasteiger partial charge is 0.402 e. The number of benzene rings is 2. The van der Waals surface area contributed by atoms with Crippen molar-refractivity contribution in [2.45, 2.75) is 53.3 Å². The highest BCUT2D eigenvalue weighted by Gasteiger charge is 2.52. The van der Waals surface area contributed by atoms with Crippen molar-refractivity contribution in [3.63, 3.8) is 0 Å². The van der Waals surface area contributed by atoms with Crippen molar-refractivity contribution in [1.29, 1.82) is 0 Å². The molecule has 0 aromatic heterocycles. The van der Waals surface area contributed by atoms with Crippen LogP contribution in [0.4, 0.5) is 18.0 Å². The number of halogens is 4. The normalized spacial score (nSPS) is 17.6. The van der Waals surface area contributed by atoms with E-state index < -0.39 is 23.5 Å². The minimum Gasteiger partial charge on any atom is -0.493 e. The molecule has 2 aromatic rings. The third-order valence-corrected chi connectivity index (χ3v) is 7.16. The van der Waals surface area contributed by atoms with Gasteiger partial charge in [-0.05, 0) is 91.6 Å². The van der Waals surface area contributed by atoms with Crippen molar-refractivity contribution in [1.82, 2.24) is 10.6 Å². The molecule has 1 atom stereocenters. The van der Waals surface area contributed by atoms with Crippen molar-refractivity contribution < 1.29 is 27.5 Å². The Morgan fingerprint density at radius 1 is 1.15 bits per heavy atom. The molecule has 1 aliphatic carbocycles. The Hall–Kier alpha value is -3.33. The van der Waals surface area contributed by atoms with Gasteiger partial charge < -0.3 is 15.4 Å². The first-order valence-electron chi connectivity index (χ1n) is 12.7. The topological polar surface area (TPSA) is 79.8 Å². The first kappa shape index (κ1) is 28.7. The van der Waals surface area contributed by atoms with Gasteiger partial charge in [0.2, 0.25) is 5.91 Å². The van der Waals surface area contributed by atoms with Gasteiger partial charge in [0.1, 0.15) is 11.2 Å². The number of carbonyl (C=O) groups excluding carboxylic acids is 2. The monoisotopic (exact) mass is 561 g/mol. The highest BCUT2D eigenvalue weighted by Crippen LogP contribution is 2.47. The molecular weight excluding hydrogens is 531 g/mol. The molecule has 6 nitrogen and oxygen atoms in total. The third kappa shape index (κ3) is 6.64. The van der Waals surface area contributed by atoms with Gasteiger partial charge in [0.25, 0.3) is 0 Å². The molecule has 39 heavy (non-hydrogen) atoms. The quantitative estimate of drug-likeness (QED) is 0.367. The number of carbonyl (C=O) groups is 2. The first-order chi connectivity index (χ1) is 18.3. The number of alkyl halides is 3. The van der Waals surface area contributed by atoms with E-state index >= 15 is 0 Å². The van der Waals surface area contributed by atoms with E-state index in [4.69, 9.17) is 16.3 Å². The number of nitrogens with zero attached hydrogens (tertiary/aromatic N) is 1. The highest BCUT2D eigenvalue weighted by atomic mass is 35.5. The van der Waals surface area contributed by atoms with E-state index in [-0.39, 0.29) is 12.5 Å². The summed E-state index contributed by atoms with van der Waals surface area (Å²) in [5.41, 5.74) is 1.65. The maximum Gasteiger partial charge on any atom is 0.402 e. The van der Waals surface area contributed by atoms with Gasteiger partial charge in [0.05, 0.1) is 18.0 Å². The fraction of sp³-hybridized carbons (Fsp3) is 0.414. The summed E-state index contributed by atoms with van der Waals surface area (Å²) in [5, 5.41) is 5.58. The Labute approximate surface area is 230 Å². The summed E-state index contributed by atoms with van der Waals surface area (Å²) in [6.07, 6.45) is -3.35. The number of nitrogens with one attached hydrogen (secondary N) is 2. The van der Waals surface area contributed by atoms with Crippen LogP contribution in [-0.4, -0.2) is 30.4 Å². The van der Waals surface area contributed by atoms with Crippen LogP contribution < -0.4 is 15.4 Å². The number of urea groups is 1. The number of fused-ring (bicyclic) bond motifs is 1. The summed E-state index contributed by atoms with van der Waals surface area (Å²) in [5.74, 6) is 0.206. The molecule has 1 saturated carbocycles. The second kappa shape index (κ2) is 11.0. The minimum atomic E-state index is -4.68. The van der Waals surface area contributed by atoms with Gasteiger partial charge in [-0.2, -0.15) is 18.2 Å². The summed E-state index contributed by atoms with van der Waals surface area (Å²) in [7, 11) is 0. The van der Waals surface area contributed by atoms with Crippen LogP contribution in [0.5, 0.6) is 5.75 Å². The maximum absolute atomic E-state index is 13.2. The van der Waals surface area contributed by atoms with Crippen molar-refractivity contribution in [3.8, 4) is 5.75 Å². The van der Waals surface area contributed by atoms with Gasteiger partial charge in [-0.25, -0.2) is 4.79 Å². The molecule has 2 aliphatic rings. The largest absolute Gasteiger partial charge is 0.493 e. The fourth-order valence-corrected chi connectivity index (χ4v) is 4.37. The zero-order valence-electron chi connectivity index (χ0n) is 22.2. The van der Waals surface area contributed by atoms with E-state index in [1.54, 1.807) is 18.2 Å². The van der Waals surface area contributed by atoms with Crippen molar-refractivity contribution in [2.75, 3.05) is 6.61 Å². The Balaban J connectivity index is 1.49. The fourth-order valence-electron chi connectivity index (χ4n) is 4.16. The molecule has 0 saturated heterocycles. The van der Waals surface area contributed by atoms with E-state index in [1.165, 1.54) is 0 Å². The van der Waals surface area contributed by atoms with Crippen LogP contribution in [0.1, 0.15) is 57.2 Å². The van der Waals surface area contributed by atoms with E-state index in [9.17, 15) is 22.8 Å². The first-order valence-corrected chi connectivity index (χ1v) is 13.1. The zero-order chi connectivity index (χ0) is 28.5. The van der Waals surface area contributed by atoms with E-state index in [0.717, 1.165) is 37.2 Å². The molecule has 0 spiro atoms. The molecule has 0 bridgehead atoms. The second-order valence-corrected chi connectivity index (χ2v) is 11.3. The Bertz CT molecular complexity index is 1330. The van der Waals surface area contributed by atoms with Gasteiger partial charge in [-0.3, -0.25) is 4.79 Å². The lowest BCUT2D eigenvalue weighted by atomic mass is 9.91. The lowest BCUT2D eigenvalue weighted by molar-refractivity contribution is -0.211. The van der Waals surface area contributed by atoms with E-state index in [2.05, 4.69) is 29.5 Å². The number of ether oxygens (including phenoxy) is 1. The standard InChI is InChI=1S/C29H31ClF3N3O3/c1-16(2)15-39-20-8-6-18(7-9-20)24-13-19-12-21(19)25(36-27(38)35-24)22-11-17(5-10-23(22)30)14-34-26(37)28(3,4)29(31,32)33/h5-11,16,19H,12-15H2,1-4H3,(H,34,37)(H,36,38). The average molecular weight is 562 g/mol. The van der Waals surface area contributed by atoms with Crippen LogP contribution in [0.2, 0.25) is 5.02 Å². The molecule has 3 amide bonds. The summed E-state index contributed by atoms with van der Waals surface area (Å²) >= 11 is 6.47. The summed E-state index contributed by atoms with van der Waals surface area (Å²) in [4.78, 5) is 29.4. The predicted octanol–water partition coefficient (Wildman–Crippen LogP) is 6.91. The van der Waals surface area contributed by atoms with Gasteiger partial charge in [-0.15, -0.1) is 0 Å². The summed E-state index contributed by atoms with van der Waals surface area (Å²) in [6, 6.07) is 11.9. The summed E-state index contributed by atoms with van der Waals surface area (Å²) in [6.45, 7) is 6.31. The number of hydrogen-bond donors (Lipinski definition) is 2. The van der Waals surface area contributed by atoms with Crippen molar-refractivity contribution in [2.24, 2.45) is 22.2 Å². The average Bonchev–Trinajstić information content (AvgIpc) is 3.61. The zero-order valence-corrected chi connectivity index (χ0v) is 23.0. The molecule has 1 aliphatic heterocycles. The van der Waals surface area contributed by atoms with Crippen LogP contribution in [-0.2, 0) is 11.3 Å². The SMILES string of the molecule is CC(C)COc1ccc(C2=NC(=O)NC(c3cc(CNC(=O)C(C)(C)C(F)(F)F)ccc3Cl)=C3CC3C2)cc1. The van der Waals surface area contributed by atoms with Crippen LogP contribution in [0.25, 0.3) is 5.70 Å². The number of allylic oxidation sites excluding steroid dienone is 1. The second-order valence-electron chi connectivity index (χ2n) is 10.8. The van der Waals surface area contributed by atoms with Gasteiger partial charge in [0, 0.05) is 17.1 Å². The van der Waals surface area contributed by atoms with Crippen molar-refractivity contribution >= 4 is 34.9 Å². The third-order valence-electron chi connectivity index (χ3n) is 6.83. The Morgan fingerprint density at radius 2 is 1.85 bits per heavy atom. The summed E-state index contributed by atoms with van der Waals surface area (Å²) < 4.78 is 45.3. The van der Waals surface area contributed by atoms with Crippen LogP contribution in [0.3, 0.4) is 0 Å². The lowest BCUT2D eigenvalue weighted by Crippen LogP contribution is -2.46. The van der Waals surface area contributed by atoms with Crippen LogP contribution >= 0.6 is 11.6 Å². The van der Waals surface area contributed by atoms with Gasteiger partial charge in [0.15, 0.2) is 0 Å². The number of aliphatic imine (C=N–C) groups is 1. The molecule has 208 valence electrons. The van der Waals surface area contributed by atoms with Crippen molar-refractivity contribution in [3.05, 3.63) is 69.8 Å². The number of rotatable bonds is 8. The predicted molar refractivity (Wildman–Crippen MR) is 145 cm³/mol. The number of amides is 3. The molecule has 0 radical (unpaired) electrons. The van der Waals surface area contributed by atoms with Crippen LogP contribution in [0.15, 0.2) is 53.0 Å². The number of hydrogen-bond acceptors (Lipinski definition) is 3. The molecule has 1 fully saturated rings. The molecular formula is C29H31ClF3N3O3. The Morgan fingerprint density at radius 3 is 2.49 bits per heavy atom. The molecule has 1 unspecified atom stereocenters. The molecule has 2 N–H and O–H groups in total. The highest BCUT2D eigenvalue weighted by molar-refractivity contribution is 6.32. The maximum atomic E-state index is 13.2. The van der Waals surface area contributed by atoms with Crippen LogP contribution in [0, 0.1) is 17.3 Å². The van der Waals surface area contributed by atoms with E-state index in [0.29, 0.717) is 46.5 Å². The lowest BCUT2D eigenvalue weighted by Gasteiger charge is -2.26. The molecule has 1 heterocycles. The Kier molecular flexibility index (Phi) is 8.12.